The van der Waals surface area contributed by atoms with Gasteiger partial charge in [0.15, 0.2) is 23.7 Å². The van der Waals surface area contributed by atoms with Gasteiger partial charge in [-0.15, -0.1) is 0 Å². The first-order chi connectivity index (χ1) is 20.5. The summed E-state index contributed by atoms with van der Waals surface area (Å²) in [5, 5.41) is 96.5. The van der Waals surface area contributed by atoms with E-state index in [1.807, 2.05) is 0 Å². The molecule has 2 aliphatic rings. The second-order valence-corrected chi connectivity index (χ2v) is 10.5. The summed E-state index contributed by atoms with van der Waals surface area (Å²) in [5.74, 6) is -4.16. The number of rotatable bonds is 4. The molecule has 0 aromatic heterocycles. The number of phenols is 7. The van der Waals surface area contributed by atoms with E-state index < -0.39 is 59.1 Å². The van der Waals surface area contributed by atoms with Gasteiger partial charge in [-0.2, -0.15) is 0 Å². The average Bonchev–Trinajstić information content (AvgIpc) is 2.94. The number of phenolic OH excluding ortho intramolecular Hbond substituents is 7. The van der Waals surface area contributed by atoms with Crippen LogP contribution in [0.15, 0.2) is 54.6 Å². The zero-order chi connectivity index (χ0) is 30.7. The molecular weight excluding hydrogens is 564 g/mol. The van der Waals surface area contributed by atoms with Crippen molar-refractivity contribution in [1.29, 1.82) is 0 Å². The molecule has 0 unspecified atom stereocenters. The third kappa shape index (κ3) is 4.57. The van der Waals surface area contributed by atoms with Crippen molar-refractivity contribution >= 4 is 0 Å². The number of ether oxygens (including phenoxy) is 3. The molecular formula is C31H28O12. The third-order valence-electron chi connectivity index (χ3n) is 7.84. The average molecular weight is 593 g/mol. The first-order valence-electron chi connectivity index (χ1n) is 13.2. The quantitative estimate of drug-likeness (QED) is 0.167. The highest BCUT2D eigenvalue weighted by molar-refractivity contribution is 5.66. The smallest absolute Gasteiger partial charge is 0.202 e. The van der Waals surface area contributed by atoms with Gasteiger partial charge in [0.25, 0.3) is 0 Å². The molecule has 0 radical (unpaired) electrons. The number of methoxy groups -OCH3 is 1. The zero-order valence-electron chi connectivity index (χ0n) is 22.5. The molecule has 4 aromatic rings. The van der Waals surface area contributed by atoms with Gasteiger partial charge in [-0.25, -0.2) is 0 Å². The lowest BCUT2D eigenvalue weighted by Gasteiger charge is -2.40. The summed E-state index contributed by atoms with van der Waals surface area (Å²) in [6.45, 7) is 0. The summed E-state index contributed by atoms with van der Waals surface area (Å²) in [5.41, 5.74) is 0.612. The van der Waals surface area contributed by atoms with Crippen molar-refractivity contribution < 1.29 is 60.2 Å². The largest absolute Gasteiger partial charge is 0.508 e. The van der Waals surface area contributed by atoms with Gasteiger partial charge in [0.2, 0.25) is 5.75 Å². The van der Waals surface area contributed by atoms with E-state index in [-0.39, 0.29) is 57.4 Å². The molecule has 0 saturated heterocycles. The second-order valence-electron chi connectivity index (χ2n) is 10.5. The number of hydrogen-bond donors (Lipinski definition) is 9. The molecule has 6 rings (SSSR count). The fourth-order valence-electron chi connectivity index (χ4n) is 5.93. The molecule has 43 heavy (non-hydrogen) atoms. The molecule has 4 aromatic carbocycles. The number of aliphatic hydroxyl groups excluding tert-OH is 2. The Hall–Kier alpha value is -5.20. The molecule has 0 bridgehead atoms. The molecule has 12 nitrogen and oxygen atoms in total. The maximum Gasteiger partial charge on any atom is 0.202 e. The van der Waals surface area contributed by atoms with Crippen molar-refractivity contribution in [2.24, 2.45) is 0 Å². The van der Waals surface area contributed by atoms with Crippen LogP contribution in [0.1, 0.15) is 45.9 Å². The van der Waals surface area contributed by atoms with Gasteiger partial charge in [-0.05, 0) is 29.8 Å². The van der Waals surface area contributed by atoms with Gasteiger partial charge in [0.05, 0.1) is 19.1 Å². The molecule has 224 valence electrons. The number of fused-ring (bicyclic) bond motifs is 2. The van der Waals surface area contributed by atoms with Crippen LogP contribution >= 0.6 is 0 Å². The molecule has 0 spiro atoms. The normalized spacial score (nSPS) is 22.5. The van der Waals surface area contributed by atoms with E-state index >= 15 is 0 Å². The fraction of sp³-hybridized carbons (Fsp3) is 0.226. The monoisotopic (exact) mass is 592 g/mol. The van der Waals surface area contributed by atoms with Gasteiger partial charge < -0.3 is 60.2 Å². The van der Waals surface area contributed by atoms with E-state index in [1.54, 1.807) is 0 Å². The SMILES string of the molecule is COc1c(O)cc([C@@H]2Oc3c(c(O)cc(O)c3[C@@H]3c4c(O)cc(O)cc4O[C@H](c4ccc(O)cc4)[C@@H]3O)C[C@H]2O)cc1O. The van der Waals surface area contributed by atoms with E-state index in [4.69, 9.17) is 14.2 Å². The molecule has 0 saturated carbocycles. The van der Waals surface area contributed by atoms with Gasteiger partial charge in [0.1, 0.15) is 46.4 Å². The van der Waals surface area contributed by atoms with Gasteiger partial charge in [0, 0.05) is 46.9 Å². The molecule has 5 atom stereocenters. The van der Waals surface area contributed by atoms with Gasteiger partial charge in [-0.3, -0.25) is 0 Å². The highest BCUT2D eigenvalue weighted by Gasteiger charge is 2.46. The number of hydrogen-bond acceptors (Lipinski definition) is 12. The summed E-state index contributed by atoms with van der Waals surface area (Å²) < 4.78 is 17.2. The van der Waals surface area contributed by atoms with Crippen molar-refractivity contribution in [3.8, 4) is 57.5 Å². The Bertz CT molecular complexity index is 1690. The van der Waals surface area contributed by atoms with Crippen LogP contribution in [0, 0.1) is 0 Å². The summed E-state index contributed by atoms with van der Waals surface area (Å²) in [4.78, 5) is 0. The van der Waals surface area contributed by atoms with Crippen LogP contribution in [0.4, 0.5) is 0 Å². The van der Waals surface area contributed by atoms with Crippen molar-refractivity contribution in [2.45, 2.75) is 36.8 Å². The minimum absolute atomic E-state index is 0.00882. The maximum absolute atomic E-state index is 11.8. The van der Waals surface area contributed by atoms with Gasteiger partial charge >= 0.3 is 0 Å². The Morgan fingerprint density at radius 1 is 0.651 bits per heavy atom. The minimum atomic E-state index is -1.50. The van der Waals surface area contributed by atoms with E-state index in [0.29, 0.717) is 5.56 Å². The van der Waals surface area contributed by atoms with E-state index in [9.17, 15) is 46.0 Å². The van der Waals surface area contributed by atoms with Crippen LogP contribution in [0.25, 0.3) is 0 Å². The van der Waals surface area contributed by atoms with Crippen molar-refractivity contribution in [1.82, 2.24) is 0 Å². The Labute approximate surface area is 244 Å². The van der Waals surface area contributed by atoms with E-state index in [0.717, 1.165) is 12.1 Å². The molecule has 9 N–H and O–H groups in total. The molecule has 2 aliphatic heterocycles. The molecule has 0 aliphatic carbocycles. The number of aliphatic hydroxyl groups is 2. The van der Waals surface area contributed by atoms with Gasteiger partial charge in [-0.1, -0.05) is 12.1 Å². The topological polar surface area (TPSA) is 210 Å². The van der Waals surface area contributed by atoms with E-state index in [1.165, 1.54) is 49.6 Å². The Balaban J connectivity index is 1.54. The number of benzene rings is 4. The summed E-state index contributed by atoms with van der Waals surface area (Å²) in [7, 11) is 1.26. The predicted molar refractivity (Wildman–Crippen MR) is 148 cm³/mol. The van der Waals surface area contributed by atoms with Crippen LogP contribution in [0.2, 0.25) is 0 Å². The highest BCUT2D eigenvalue weighted by Crippen LogP contribution is 2.57. The van der Waals surface area contributed by atoms with Crippen molar-refractivity contribution in [3.63, 3.8) is 0 Å². The summed E-state index contributed by atoms with van der Waals surface area (Å²) in [6.07, 6.45) is -5.33. The fourth-order valence-corrected chi connectivity index (χ4v) is 5.93. The van der Waals surface area contributed by atoms with Crippen molar-refractivity contribution in [2.75, 3.05) is 7.11 Å². The predicted octanol–water partition coefficient (Wildman–Crippen LogP) is 3.30. The lowest BCUT2D eigenvalue weighted by atomic mass is 9.77. The standard InChI is InChI=1S/C31H28O12/c1-41-31-20(37)6-13(7-21(31)38)28-22(39)10-16-17(34)11-19(36)25(30(16)43-28)26-24-18(35)8-15(33)9-23(24)42-29(27(26)40)12-2-4-14(32)5-3-12/h2-9,11,22,26-29,32-40H,10H2,1H3/t22-,26+,27-,28+,29-/m1/s1. The van der Waals surface area contributed by atoms with E-state index in [2.05, 4.69) is 0 Å². The molecule has 12 heteroatoms. The van der Waals surface area contributed by atoms with Crippen LogP contribution in [-0.2, 0) is 6.42 Å². The lowest BCUT2D eigenvalue weighted by Crippen LogP contribution is -2.36. The molecule has 0 amide bonds. The molecule has 0 fully saturated rings. The second kappa shape index (κ2) is 10.3. The highest BCUT2D eigenvalue weighted by atomic mass is 16.5. The third-order valence-corrected chi connectivity index (χ3v) is 7.84. The summed E-state index contributed by atoms with van der Waals surface area (Å²) >= 11 is 0. The van der Waals surface area contributed by atoms with Crippen molar-refractivity contribution in [3.05, 3.63) is 82.4 Å². The summed E-state index contributed by atoms with van der Waals surface area (Å²) in [6, 6.07) is 11.6. The van der Waals surface area contributed by atoms with Crippen LogP contribution in [0.3, 0.4) is 0 Å². The molecule has 2 heterocycles. The Kier molecular flexibility index (Phi) is 6.67. The zero-order valence-corrected chi connectivity index (χ0v) is 22.5. The first kappa shape index (κ1) is 27.9. The minimum Gasteiger partial charge on any atom is -0.508 e. The van der Waals surface area contributed by atoms with Crippen LogP contribution in [-0.4, -0.2) is 65.3 Å². The Morgan fingerprint density at radius 2 is 1.30 bits per heavy atom. The van der Waals surface area contributed by atoms with Crippen LogP contribution < -0.4 is 14.2 Å². The first-order valence-corrected chi connectivity index (χ1v) is 13.2. The van der Waals surface area contributed by atoms with Crippen LogP contribution in [0.5, 0.6) is 57.5 Å². The number of aromatic hydroxyl groups is 7. The maximum atomic E-state index is 11.8. The lowest BCUT2D eigenvalue weighted by molar-refractivity contribution is 0.00119. The Morgan fingerprint density at radius 3 is 1.95 bits per heavy atom.